The third-order valence-corrected chi connectivity index (χ3v) is 5.05. The summed E-state index contributed by atoms with van der Waals surface area (Å²) in [4.78, 5) is 36.0. The number of nitrogens with zero attached hydrogens (tertiary/aromatic N) is 4. The van der Waals surface area contributed by atoms with Crippen molar-refractivity contribution >= 4 is 23.5 Å². The predicted octanol–water partition coefficient (Wildman–Crippen LogP) is 1.97. The second kappa shape index (κ2) is 8.58. The van der Waals surface area contributed by atoms with Crippen molar-refractivity contribution in [2.75, 3.05) is 38.2 Å². The Bertz CT molecular complexity index is 1030. The minimum Gasteiger partial charge on any atom is -0.442 e. The number of carbonyl (C=O) groups is 2. The smallest absolute Gasteiger partial charge is 0.414 e. The Morgan fingerprint density at radius 2 is 2.16 bits per heavy atom. The molecule has 10 heteroatoms. The molecule has 1 fully saturated rings. The Morgan fingerprint density at radius 1 is 1.32 bits per heavy atom. The molecule has 162 valence electrons. The summed E-state index contributed by atoms with van der Waals surface area (Å²) in [6, 6.07) is 8.07. The molecule has 2 amide bonds. The van der Waals surface area contributed by atoms with Gasteiger partial charge >= 0.3 is 6.09 Å². The first-order valence-electron chi connectivity index (χ1n) is 9.82. The SMILES string of the molecule is CC(=O)NCC1CN(c2ccc(-c3ccc(C4=NOCCN4C)nc3)c(F)c2)C(=O)O1. The Hall–Kier alpha value is -3.69. The number of likely N-dealkylation sites (N-methyl/N-ethyl adjacent to an activating group) is 1. The van der Waals surface area contributed by atoms with Crippen LogP contribution in [0.5, 0.6) is 0 Å². The van der Waals surface area contributed by atoms with Crippen LogP contribution in [0.3, 0.4) is 0 Å². The van der Waals surface area contributed by atoms with Gasteiger partial charge in [0.25, 0.3) is 0 Å². The van der Waals surface area contributed by atoms with E-state index in [0.29, 0.717) is 41.5 Å². The van der Waals surface area contributed by atoms with Crippen molar-refractivity contribution in [2.24, 2.45) is 5.16 Å². The molecule has 4 rings (SSSR count). The molecule has 2 aliphatic rings. The van der Waals surface area contributed by atoms with E-state index in [1.54, 1.807) is 30.5 Å². The number of benzene rings is 1. The summed E-state index contributed by atoms with van der Waals surface area (Å²) in [5.74, 6) is -0.0742. The van der Waals surface area contributed by atoms with E-state index in [0.717, 1.165) is 0 Å². The summed E-state index contributed by atoms with van der Waals surface area (Å²) in [5.41, 5.74) is 1.98. The van der Waals surface area contributed by atoms with Crippen LogP contribution in [0.2, 0.25) is 0 Å². The minimum atomic E-state index is -0.576. The highest BCUT2D eigenvalue weighted by Gasteiger charge is 2.32. The Morgan fingerprint density at radius 3 is 2.84 bits per heavy atom. The molecule has 0 bridgehead atoms. The van der Waals surface area contributed by atoms with Gasteiger partial charge in [0.1, 0.15) is 24.2 Å². The number of cyclic esters (lactones) is 1. The first kappa shape index (κ1) is 20.6. The number of hydrogen-bond acceptors (Lipinski definition) is 7. The molecule has 0 radical (unpaired) electrons. The number of ether oxygens (including phenoxy) is 1. The van der Waals surface area contributed by atoms with Gasteiger partial charge < -0.3 is 19.8 Å². The van der Waals surface area contributed by atoms with E-state index in [1.165, 1.54) is 17.9 Å². The third kappa shape index (κ3) is 4.42. The summed E-state index contributed by atoms with van der Waals surface area (Å²) < 4.78 is 20.1. The van der Waals surface area contributed by atoms with Crippen molar-refractivity contribution in [1.82, 2.24) is 15.2 Å². The van der Waals surface area contributed by atoms with E-state index < -0.39 is 18.0 Å². The lowest BCUT2D eigenvalue weighted by atomic mass is 10.1. The molecular formula is C21H22FN5O4. The fourth-order valence-electron chi connectivity index (χ4n) is 3.39. The monoisotopic (exact) mass is 427 g/mol. The van der Waals surface area contributed by atoms with Crippen LogP contribution in [0, 0.1) is 5.82 Å². The number of anilines is 1. The molecule has 9 nitrogen and oxygen atoms in total. The van der Waals surface area contributed by atoms with Crippen LogP contribution in [-0.2, 0) is 14.4 Å². The number of amidine groups is 1. The molecule has 2 aliphatic heterocycles. The van der Waals surface area contributed by atoms with Crippen LogP contribution in [0.1, 0.15) is 12.6 Å². The number of hydrogen-bond donors (Lipinski definition) is 1. The Labute approximate surface area is 178 Å². The molecule has 1 saturated heterocycles. The summed E-state index contributed by atoms with van der Waals surface area (Å²) >= 11 is 0. The fraction of sp³-hybridized carbons (Fsp3) is 0.333. The van der Waals surface area contributed by atoms with Gasteiger partial charge in [0.15, 0.2) is 5.84 Å². The number of pyridine rings is 1. The first-order valence-corrected chi connectivity index (χ1v) is 9.82. The van der Waals surface area contributed by atoms with Crippen LogP contribution >= 0.6 is 0 Å². The number of carbonyl (C=O) groups excluding carboxylic acids is 2. The highest BCUT2D eigenvalue weighted by atomic mass is 19.1. The zero-order valence-corrected chi connectivity index (χ0v) is 17.2. The molecule has 0 saturated carbocycles. The van der Waals surface area contributed by atoms with Crippen LogP contribution in [-0.4, -0.2) is 67.1 Å². The topological polar surface area (TPSA) is 96.4 Å². The normalized spacial score (nSPS) is 18.4. The van der Waals surface area contributed by atoms with Gasteiger partial charge in [0.05, 0.1) is 25.3 Å². The van der Waals surface area contributed by atoms with E-state index in [2.05, 4.69) is 15.5 Å². The molecule has 1 aromatic carbocycles. The fourth-order valence-corrected chi connectivity index (χ4v) is 3.39. The molecule has 0 spiro atoms. The third-order valence-electron chi connectivity index (χ3n) is 5.05. The Balaban J connectivity index is 1.50. The molecule has 2 aromatic rings. The van der Waals surface area contributed by atoms with Gasteiger partial charge in [-0.2, -0.15) is 0 Å². The standard InChI is InChI=1S/C21H22FN5O4/c1-13(28)23-11-16-12-27(21(29)31-16)15-4-5-17(18(22)9-15)14-3-6-19(24-10-14)20-25-30-8-7-26(20)2/h3-6,9-10,16H,7-8,11-12H2,1-2H3,(H,23,28). The molecule has 31 heavy (non-hydrogen) atoms. The van der Waals surface area contributed by atoms with E-state index in [4.69, 9.17) is 9.57 Å². The van der Waals surface area contributed by atoms with Crippen molar-refractivity contribution < 1.29 is 23.6 Å². The average Bonchev–Trinajstić information content (AvgIpc) is 3.13. The van der Waals surface area contributed by atoms with Gasteiger partial charge in [-0.1, -0.05) is 11.2 Å². The molecule has 0 aliphatic carbocycles. The number of oxime groups is 1. The maximum absolute atomic E-state index is 14.9. The van der Waals surface area contributed by atoms with E-state index >= 15 is 0 Å². The largest absolute Gasteiger partial charge is 0.442 e. The van der Waals surface area contributed by atoms with Crippen LogP contribution < -0.4 is 10.2 Å². The van der Waals surface area contributed by atoms with E-state index in [9.17, 15) is 14.0 Å². The van der Waals surface area contributed by atoms with Crippen LogP contribution in [0.15, 0.2) is 41.7 Å². The minimum absolute atomic E-state index is 0.209. The predicted molar refractivity (Wildman–Crippen MR) is 111 cm³/mol. The lowest BCUT2D eigenvalue weighted by molar-refractivity contribution is -0.119. The molecular weight excluding hydrogens is 405 g/mol. The zero-order chi connectivity index (χ0) is 22.0. The summed E-state index contributed by atoms with van der Waals surface area (Å²) in [5, 5.41) is 6.64. The van der Waals surface area contributed by atoms with Crippen molar-refractivity contribution in [3.63, 3.8) is 0 Å². The summed E-state index contributed by atoms with van der Waals surface area (Å²) in [6.07, 6.45) is 0.514. The number of amides is 2. The maximum Gasteiger partial charge on any atom is 0.414 e. The lowest BCUT2D eigenvalue weighted by Gasteiger charge is -2.23. The first-order chi connectivity index (χ1) is 14.9. The molecule has 3 heterocycles. The number of aromatic nitrogens is 1. The van der Waals surface area contributed by atoms with Crippen molar-refractivity contribution in [2.45, 2.75) is 13.0 Å². The van der Waals surface area contributed by atoms with Crippen molar-refractivity contribution in [3.05, 3.63) is 48.0 Å². The highest BCUT2D eigenvalue weighted by molar-refractivity contribution is 5.97. The molecule has 1 N–H and O–H groups in total. The zero-order valence-electron chi connectivity index (χ0n) is 17.2. The number of nitrogens with one attached hydrogen (secondary N) is 1. The van der Waals surface area contributed by atoms with Gasteiger partial charge in [-0.05, 0) is 24.3 Å². The number of halogens is 1. The van der Waals surface area contributed by atoms with Gasteiger partial charge in [0, 0.05) is 31.3 Å². The van der Waals surface area contributed by atoms with Crippen molar-refractivity contribution in [3.8, 4) is 11.1 Å². The molecule has 1 aromatic heterocycles. The Kier molecular flexibility index (Phi) is 5.70. The quantitative estimate of drug-likeness (QED) is 0.784. The van der Waals surface area contributed by atoms with Gasteiger partial charge in [-0.3, -0.25) is 14.7 Å². The van der Waals surface area contributed by atoms with Gasteiger partial charge in [0.2, 0.25) is 5.91 Å². The molecule has 1 atom stereocenters. The summed E-state index contributed by atoms with van der Waals surface area (Å²) in [7, 11) is 1.90. The van der Waals surface area contributed by atoms with Crippen molar-refractivity contribution in [1.29, 1.82) is 0 Å². The lowest BCUT2D eigenvalue weighted by Crippen LogP contribution is -2.34. The second-order valence-electron chi connectivity index (χ2n) is 7.32. The van der Waals surface area contributed by atoms with E-state index in [1.807, 2.05) is 11.9 Å². The van der Waals surface area contributed by atoms with Gasteiger partial charge in [-0.15, -0.1) is 0 Å². The second-order valence-corrected chi connectivity index (χ2v) is 7.32. The maximum atomic E-state index is 14.9. The van der Waals surface area contributed by atoms with E-state index in [-0.39, 0.29) is 19.0 Å². The molecule has 1 unspecified atom stereocenters. The van der Waals surface area contributed by atoms with Crippen LogP contribution in [0.25, 0.3) is 11.1 Å². The number of rotatable bonds is 5. The summed E-state index contributed by atoms with van der Waals surface area (Å²) in [6.45, 7) is 3.06. The highest BCUT2D eigenvalue weighted by Crippen LogP contribution is 2.29. The van der Waals surface area contributed by atoms with Gasteiger partial charge in [-0.25, -0.2) is 9.18 Å². The average molecular weight is 427 g/mol. The van der Waals surface area contributed by atoms with Crippen LogP contribution in [0.4, 0.5) is 14.9 Å².